The van der Waals surface area contributed by atoms with Crippen molar-refractivity contribution >= 4 is 32.8 Å². The molecule has 9 heteroatoms. The van der Waals surface area contributed by atoms with Crippen LogP contribution in [0.4, 0.5) is 0 Å². The molecular weight excluding hydrogens is 434 g/mol. The molecule has 2 N–H and O–H groups in total. The molecule has 4 rings (SSSR count). The lowest BCUT2D eigenvalue weighted by atomic mass is 10.1. The number of halogens is 1. The Kier molecular flexibility index (Phi) is 6.21. The second-order valence-corrected chi connectivity index (χ2v) is 10.7. The zero-order chi connectivity index (χ0) is 19.8. The summed E-state index contributed by atoms with van der Waals surface area (Å²) in [5.74, 6) is 0.0134. The summed E-state index contributed by atoms with van der Waals surface area (Å²) in [6, 6.07) is 16.6. The number of pyridine rings is 1. The molecule has 0 bridgehead atoms. The van der Waals surface area contributed by atoms with E-state index in [9.17, 15) is 17.5 Å². The fourth-order valence-electron chi connectivity index (χ4n) is 3.31. The largest absolute Gasteiger partial charge is 0.487 e. The highest BCUT2D eigenvalue weighted by Crippen LogP contribution is 2.64. The Morgan fingerprint density at radius 3 is 2.48 bits per heavy atom. The van der Waals surface area contributed by atoms with Crippen LogP contribution in [0, 0.1) is 0 Å². The second kappa shape index (κ2) is 8.33. The first kappa shape index (κ1) is 21.6. The summed E-state index contributed by atoms with van der Waals surface area (Å²) in [6.45, 7) is 0.190. The molecule has 1 aromatic heterocycles. The van der Waals surface area contributed by atoms with Gasteiger partial charge in [-0.1, -0.05) is 36.4 Å². The van der Waals surface area contributed by atoms with Crippen molar-refractivity contribution in [3.05, 3.63) is 84.2 Å². The normalized spacial score (nSPS) is 18.3. The first-order valence-electron chi connectivity index (χ1n) is 8.59. The van der Waals surface area contributed by atoms with Crippen LogP contribution in [0.5, 0.6) is 5.75 Å². The second-order valence-electron chi connectivity index (χ2n) is 6.50. The van der Waals surface area contributed by atoms with E-state index in [0.29, 0.717) is 5.56 Å². The van der Waals surface area contributed by atoms with Crippen LogP contribution in [0.3, 0.4) is 0 Å². The maximum atomic E-state index is 13.1. The molecule has 0 saturated carbocycles. The number of benzene rings is 2. The molecule has 3 aromatic rings. The van der Waals surface area contributed by atoms with Gasteiger partial charge in [-0.2, -0.15) is 10.6 Å². The molecule has 6 nitrogen and oxygen atoms in total. The fraction of sp³-hybridized carbons (Fsp3) is 0.150. The van der Waals surface area contributed by atoms with Gasteiger partial charge in [-0.3, -0.25) is 14.1 Å². The van der Waals surface area contributed by atoms with Gasteiger partial charge in [0.05, 0.1) is 10.6 Å². The Morgan fingerprint density at radius 1 is 1.03 bits per heavy atom. The van der Waals surface area contributed by atoms with E-state index in [-0.39, 0.29) is 40.3 Å². The minimum Gasteiger partial charge on any atom is -0.487 e. The summed E-state index contributed by atoms with van der Waals surface area (Å²) in [7, 11) is -7.07. The van der Waals surface area contributed by atoms with E-state index in [2.05, 4.69) is 4.98 Å². The summed E-state index contributed by atoms with van der Waals surface area (Å²) in [5.41, 5.74) is 1.20. The highest BCUT2D eigenvalue weighted by Gasteiger charge is 2.44. The third kappa shape index (κ3) is 4.12. The Labute approximate surface area is 177 Å². The quantitative estimate of drug-likeness (QED) is 0.580. The number of fused-ring (bicyclic) bond motifs is 1. The molecule has 1 aliphatic heterocycles. The van der Waals surface area contributed by atoms with Gasteiger partial charge in [0, 0.05) is 18.0 Å². The summed E-state index contributed by atoms with van der Waals surface area (Å²) in [5, 5.41) is -1.03. The summed E-state index contributed by atoms with van der Waals surface area (Å²) in [4.78, 5) is 4.36. The predicted molar refractivity (Wildman–Crippen MR) is 115 cm³/mol. The van der Waals surface area contributed by atoms with E-state index in [4.69, 9.17) is 4.74 Å². The molecular formula is C20H20ClNO5S2. The van der Waals surface area contributed by atoms with E-state index < -0.39 is 25.7 Å². The molecule has 0 amide bonds. The number of rotatable bonds is 5. The van der Waals surface area contributed by atoms with Gasteiger partial charge in [0.1, 0.15) is 22.5 Å². The van der Waals surface area contributed by atoms with Gasteiger partial charge < -0.3 is 4.74 Å². The Bertz CT molecular complexity index is 1090. The van der Waals surface area contributed by atoms with Crippen molar-refractivity contribution in [2.75, 3.05) is 5.75 Å². The lowest BCUT2D eigenvalue weighted by Gasteiger charge is -2.29. The van der Waals surface area contributed by atoms with Crippen molar-refractivity contribution in [1.29, 1.82) is 0 Å². The first-order chi connectivity index (χ1) is 13.4. The third-order valence-electron chi connectivity index (χ3n) is 4.63. The molecule has 0 fully saturated rings. The van der Waals surface area contributed by atoms with Crippen LogP contribution in [-0.2, 0) is 16.4 Å². The van der Waals surface area contributed by atoms with Crippen molar-refractivity contribution < 1.29 is 22.3 Å². The number of nitrogens with zero attached hydrogens (tertiary/aromatic N) is 1. The van der Waals surface area contributed by atoms with Gasteiger partial charge in [-0.05, 0) is 29.8 Å². The lowest BCUT2D eigenvalue weighted by molar-refractivity contribution is 0.296. The SMILES string of the molecule is Cl.O=S(=O)(c1ccccc1)C1CS(O)(O)c2c(OCc3cccnc3)cccc21. The van der Waals surface area contributed by atoms with Crippen LogP contribution in [0.1, 0.15) is 16.4 Å². The average molecular weight is 454 g/mol. The standard InChI is InChI=1S/C20H19NO5S2.ClH/c22-27(23)14-19(28(24,25)16-7-2-1-3-8-16)17-9-4-10-18(20(17)27)26-13-15-6-5-11-21-12-15;/h1-12,19,22-23H,13-14H2;1H. The maximum Gasteiger partial charge on any atom is 0.187 e. The lowest BCUT2D eigenvalue weighted by Crippen LogP contribution is -2.15. The van der Waals surface area contributed by atoms with Crippen LogP contribution in [-0.4, -0.2) is 28.3 Å². The van der Waals surface area contributed by atoms with Crippen molar-refractivity contribution in [3.8, 4) is 5.75 Å². The molecule has 0 aliphatic carbocycles. The van der Waals surface area contributed by atoms with Gasteiger partial charge in [0.15, 0.2) is 9.84 Å². The molecule has 29 heavy (non-hydrogen) atoms. The summed E-state index contributed by atoms with van der Waals surface area (Å²) in [6.07, 6.45) is 3.31. The number of hydrogen-bond donors (Lipinski definition) is 2. The fourth-order valence-corrected chi connectivity index (χ4v) is 7.87. The van der Waals surface area contributed by atoms with Crippen LogP contribution in [0.15, 0.2) is 82.8 Å². The van der Waals surface area contributed by atoms with Crippen molar-refractivity contribution in [3.63, 3.8) is 0 Å². The molecule has 2 heterocycles. The molecule has 1 unspecified atom stereocenters. The van der Waals surface area contributed by atoms with Gasteiger partial charge in [-0.15, -0.1) is 12.4 Å². The number of aromatic nitrogens is 1. The number of hydrogen-bond acceptors (Lipinski definition) is 6. The Morgan fingerprint density at radius 2 is 1.79 bits per heavy atom. The molecule has 0 spiro atoms. The number of sulfone groups is 1. The van der Waals surface area contributed by atoms with Gasteiger partial charge >= 0.3 is 0 Å². The molecule has 1 atom stereocenters. The monoisotopic (exact) mass is 453 g/mol. The zero-order valence-electron chi connectivity index (χ0n) is 15.2. The predicted octanol–water partition coefficient (Wildman–Crippen LogP) is 4.72. The van der Waals surface area contributed by atoms with Crippen molar-refractivity contribution in [2.45, 2.75) is 21.6 Å². The van der Waals surface area contributed by atoms with Gasteiger partial charge in [0.2, 0.25) is 0 Å². The van der Waals surface area contributed by atoms with E-state index in [1.165, 1.54) is 12.1 Å². The molecule has 0 saturated heterocycles. The molecule has 154 valence electrons. The van der Waals surface area contributed by atoms with Crippen LogP contribution < -0.4 is 4.74 Å². The minimum absolute atomic E-state index is 0. The van der Waals surface area contributed by atoms with E-state index in [1.54, 1.807) is 54.9 Å². The zero-order valence-corrected chi connectivity index (χ0v) is 17.7. The van der Waals surface area contributed by atoms with Gasteiger partial charge in [0.25, 0.3) is 0 Å². The summed E-state index contributed by atoms with van der Waals surface area (Å²) < 4.78 is 53.4. The first-order valence-corrected chi connectivity index (χ1v) is 11.9. The average Bonchev–Trinajstić information content (AvgIpc) is 3.00. The maximum absolute atomic E-state index is 13.1. The van der Waals surface area contributed by atoms with Crippen molar-refractivity contribution in [1.82, 2.24) is 4.98 Å². The smallest absolute Gasteiger partial charge is 0.187 e. The highest BCUT2D eigenvalue weighted by molar-refractivity contribution is 8.25. The van der Waals surface area contributed by atoms with Gasteiger partial charge in [-0.25, -0.2) is 8.42 Å². The Balaban J connectivity index is 0.00000240. The third-order valence-corrected chi connectivity index (χ3v) is 8.83. The molecule has 0 radical (unpaired) electrons. The van der Waals surface area contributed by atoms with E-state index in [1.807, 2.05) is 6.07 Å². The van der Waals surface area contributed by atoms with E-state index >= 15 is 0 Å². The van der Waals surface area contributed by atoms with Crippen LogP contribution >= 0.6 is 23.0 Å². The van der Waals surface area contributed by atoms with Crippen LogP contribution in [0.25, 0.3) is 0 Å². The number of ether oxygens (including phenoxy) is 1. The topological polar surface area (TPSA) is 96.7 Å². The Hall–Kier alpha value is -2.10. The molecule has 1 aliphatic rings. The summed E-state index contributed by atoms with van der Waals surface area (Å²) >= 11 is 0. The minimum atomic E-state index is -3.77. The molecule has 2 aromatic carbocycles. The highest BCUT2D eigenvalue weighted by atomic mass is 35.5. The van der Waals surface area contributed by atoms with Crippen LogP contribution in [0.2, 0.25) is 0 Å². The van der Waals surface area contributed by atoms with Crippen molar-refractivity contribution in [2.24, 2.45) is 0 Å². The van der Waals surface area contributed by atoms with E-state index in [0.717, 1.165) is 5.56 Å².